The summed E-state index contributed by atoms with van der Waals surface area (Å²) in [6.07, 6.45) is -8.87. The Bertz CT molecular complexity index is 1060. The molecule has 2 unspecified atom stereocenters. The van der Waals surface area contributed by atoms with Crippen molar-refractivity contribution in [3.63, 3.8) is 0 Å². The van der Waals surface area contributed by atoms with Crippen LogP contribution in [-0.2, 0) is 11.2 Å². The van der Waals surface area contributed by atoms with Crippen LogP contribution in [0.3, 0.4) is 0 Å². The molecule has 0 aliphatic carbocycles. The molecule has 0 saturated carbocycles. The number of aliphatic hydroxyl groups is 1. The molecule has 10 heteroatoms. The average molecular weight is 465 g/mol. The van der Waals surface area contributed by atoms with Crippen molar-refractivity contribution < 1.29 is 42.0 Å². The van der Waals surface area contributed by atoms with Gasteiger partial charge in [0.25, 0.3) is 0 Å². The van der Waals surface area contributed by atoms with E-state index in [1.807, 2.05) is 0 Å². The Balaban J connectivity index is 1.72. The fraction of sp³-hybridized carbons (Fsp3) is 0.217. The third-order valence-corrected chi connectivity index (χ3v) is 4.64. The van der Waals surface area contributed by atoms with Crippen molar-refractivity contribution in [1.82, 2.24) is 4.98 Å². The Morgan fingerprint density at radius 2 is 1.73 bits per heavy atom. The third-order valence-electron chi connectivity index (χ3n) is 4.64. The van der Waals surface area contributed by atoms with Crippen LogP contribution in [0.25, 0.3) is 0 Å². The first-order valence-electron chi connectivity index (χ1n) is 9.69. The number of halogens is 4. The summed E-state index contributed by atoms with van der Waals surface area (Å²) in [6, 6.07) is 15.9. The van der Waals surface area contributed by atoms with Gasteiger partial charge in [-0.3, -0.25) is 4.79 Å². The lowest BCUT2D eigenvalue weighted by atomic mass is 9.90. The maximum Gasteiger partial charge on any atom is 0.461 e. The van der Waals surface area contributed by atoms with E-state index in [1.165, 1.54) is 36.4 Å². The molecule has 0 fully saturated rings. The molecule has 3 aromatic rings. The Morgan fingerprint density at radius 3 is 2.33 bits per heavy atom. The third kappa shape index (κ3) is 6.42. The Kier molecular flexibility index (Phi) is 7.49. The molecule has 1 heterocycles. The van der Waals surface area contributed by atoms with E-state index in [-0.39, 0.29) is 17.5 Å². The van der Waals surface area contributed by atoms with E-state index in [0.717, 1.165) is 12.1 Å². The van der Waals surface area contributed by atoms with Gasteiger partial charge < -0.3 is 19.7 Å². The monoisotopic (exact) mass is 465 g/mol. The number of pyridine rings is 1. The fourth-order valence-corrected chi connectivity index (χ4v) is 3.02. The smallest absolute Gasteiger partial charge is 0.461 e. The van der Waals surface area contributed by atoms with Gasteiger partial charge in [0.2, 0.25) is 5.88 Å². The van der Waals surface area contributed by atoms with Crippen LogP contribution in [0.4, 0.5) is 17.6 Å². The number of aromatic nitrogens is 1. The molecule has 2 N–H and O–H groups in total. The highest BCUT2D eigenvalue weighted by atomic mass is 19.3. The summed E-state index contributed by atoms with van der Waals surface area (Å²) in [4.78, 5) is 15.8. The minimum atomic E-state index is -4.69. The van der Waals surface area contributed by atoms with Crippen molar-refractivity contribution in [2.24, 2.45) is 5.92 Å². The number of benzene rings is 2. The van der Waals surface area contributed by atoms with Crippen molar-refractivity contribution >= 4 is 5.97 Å². The van der Waals surface area contributed by atoms with Gasteiger partial charge >= 0.3 is 18.5 Å². The predicted octanol–water partition coefficient (Wildman–Crippen LogP) is 5.09. The highest BCUT2D eigenvalue weighted by molar-refractivity contribution is 5.71. The highest BCUT2D eigenvalue weighted by Gasteiger charge is 2.44. The molecule has 1 aromatic heterocycles. The van der Waals surface area contributed by atoms with Crippen LogP contribution in [0.1, 0.15) is 17.2 Å². The van der Waals surface area contributed by atoms with Gasteiger partial charge in [-0.15, -0.1) is 0 Å². The predicted molar refractivity (Wildman–Crippen MR) is 109 cm³/mol. The van der Waals surface area contributed by atoms with E-state index in [1.54, 1.807) is 24.4 Å². The van der Waals surface area contributed by atoms with E-state index in [0.29, 0.717) is 11.6 Å². The highest BCUT2D eigenvalue weighted by Crippen LogP contribution is 2.31. The van der Waals surface area contributed by atoms with E-state index in [2.05, 4.69) is 9.72 Å². The fourth-order valence-electron chi connectivity index (χ4n) is 3.02. The molecular weight excluding hydrogens is 446 g/mol. The van der Waals surface area contributed by atoms with Crippen molar-refractivity contribution in [3.8, 4) is 17.4 Å². The maximum atomic E-state index is 13.2. The molecule has 174 valence electrons. The zero-order valence-electron chi connectivity index (χ0n) is 16.9. The second-order valence-electron chi connectivity index (χ2n) is 7.04. The van der Waals surface area contributed by atoms with Gasteiger partial charge in [-0.25, -0.2) is 4.98 Å². The normalized spacial score (nSPS) is 13.4. The molecule has 0 aliphatic heterocycles. The van der Waals surface area contributed by atoms with Gasteiger partial charge in [-0.2, -0.15) is 17.6 Å². The van der Waals surface area contributed by atoms with Gasteiger partial charge in [0.15, 0.2) is 0 Å². The zero-order chi connectivity index (χ0) is 24.0. The summed E-state index contributed by atoms with van der Waals surface area (Å²) < 4.78 is 60.6. The molecule has 0 saturated heterocycles. The molecule has 2 atom stereocenters. The van der Waals surface area contributed by atoms with E-state index < -0.39 is 36.3 Å². The topological polar surface area (TPSA) is 88.9 Å². The number of carbonyl (C=O) groups is 1. The SMILES string of the molecule is O=C(O)C(Cc1cccc(OC(F)(F)C(F)F)c1)C(O)c1ccc(Oc2ccccn2)cc1. The molecule has 0 spiro atoms. The van der Waals surface area contributed by atoms with Crippen LogP contribution in [-0.4, -0.2) is 33.7 Å². The summed E-state index contributed by atoms with van der Waals surface area (Å²) in [6.45, 7) is 0. The van der Waals surface area contributed by atoms with Crippen LogP contribution in [0.5, 0.6) is 17.4 Å². The summed E-state index contributed by atoms with van der Waals surface area (Å²) >= 11 is 0. The molecule has 0 bridgehead atoms. The number of rotatable bonds is 10. The average Bonchev–Trinajstić information content (AvgIpc) is 2.78. The van der Waals surface area contributed by atoms with Crippen molar-refractivity contribution in [1.29, 1.82) is 0 Å². The zero-order valence-corrected chi connectivity index (χ0v) is 16.9. The number of aliphatic carboxylic acids is 1. The second kappa shape index (κ2) is 10.3. The number of nitrogens with zero attached hydrogens (tertiary/aromatic N) is 1. The summed E-state index contributed by atoms with van der Waals surface area (Å²) in [5.74, 6) is -2.46. The second-order valence-corrected chi connectivity index (χ2v) is 7.04. The van der Waals surface area contributed by atoms with E-state index in [4.69, 9.17) is 4.74 Å². The minimum absolute atomic E-state index is 0.208. The summed E-state index contributed by atoms with van der Waals surface area (Å²) in [5, 5.41) is 20.2. The summed E-state index contributed by atoms with van der Waals surface area (Å²) in [7, 11) is 0. The quantitative estimate of drug-likeness (QED) is 0.406. The first-order chi connectivity index (χ1) is 15.7. The number of carboxylic acids is 1. The standard InChI is InChI=1S/C23H19F4NO5/c24-22(25)23(26,27)33-17-5-3-4-14(12-17)13-18(21(30)31)20(29)15-7-9-16(10-8-15)32-19-6-1-2-11-28-19/h1-12,18,20,22,29H,13H2,(H,30,31). The lowest BCUT2D eigenvalue weighted by Gasteiger charge is -2.21. The molecule has 2 aromatic carbocycles. The van der Waals surface area contributed by atoms with Crippen LogP contribution in [0, 0.1) is 5.92 Å². The number of ether oxygens (including phenoxy) is 2. The Hall–Kier alpha value is -3.66. The molecule has 0 aliphatic rings. The number of alkyl halides is 4. The number of carboxylic acid groups (broad SMARTS) is 1. The Morgan fingerprint density at radius 1 is 1.00 bits per heavy atom. The first-order valence-corrected chi connectivity index (χ1v) is 9.69. The van der Waals surface area contributed by atoms with E-state index >= 15 is 0 Å². The van der Waals surface area contributed by atoms with Crippen LogP contribution < -0.4 is 9.47 Å². The summed E-state index contributed by atoms with van der Waals surface area (Å²) in [5.41, 5.74) is 0.492. The number of hydrogen-bond acceptors (Lipinski definition) is 5. The van der Waals surface area contributed by atoms with Crippen LogP contribution >= 0.6 is 0 Å². The molecule has 33 heavy (non-hydrogen) atoms. The van der Waals surface area contributed by atoms with Crippen LogP contribution in [0.15, 0.2) is 72.9 Å². The lowest BCUT2D eigenvalue weighted by molar-refractivity contribution is -0.253. The maximum absolute atomic E-state index is 13.2. The molecular formula is C23H19F4NO5. The molecule has 0 radical (unpaired) electrons. The van der Waals surface area contributed by atoms with Gasteiger partial charge in [0, 0.05) is 12.3 Å². The van der Waals surface area contributed by atoms with Crippen molar-refractivity contribution in [2.45, 2.75) is 25.1 Å². The van der Waals surface area contributed by atoms with Gasteiger partial charge in [-0.1, -0.05) is 30.3 Å². The van der Waals surface area contributed by atoms with E-state index in [9.17, 15) is 32.6 Å². The molecule has 0 amide bonds. The van der Waals surface area contributed by atoms with Crippen molar-refractivity contribution in [3.05, 3.63) is 84.1 Å². The lowest BCUT2D eigenvalue weighted by Crippen LogP contribution is -2.33. The van der Waals surface area contributed by atoms with Crippen molar-refractivity contribution in [2.75, 3.05) is 0 Å². The van der Waals surface area contributed by atoms with Gasteiger partial charge in [0.1, 0.15) is 11.5 Å². The molecule has 3 rings (SSSR count). The van der Waals surface area contributed by atoms with Crippen LogP contribution in [0.2, 0.25) is 0 Å². The molecule has 6 nitrogen and oxygen atoms in total. The first kappa shape index (κ1) is 24.0. The number of aliphatic hydroxyl groups excluding tert-OH is 1. The Labute approximate surface area is 186 Å². The van der Waals surface area contributed by atoms with Gasteiger partial charge in [-0.05, 0) is 47.9 Å². The van der Waals surface area contributed by atoms with Gasteiger partial charge in [0.05, 0.1) is 12.0 Å². The minimum Gasteiger partial charge on any atom is -0.481 e. The number of hydrogen-bond donors (Lipinski definition) is 2. The largest absolute Gasteiger partial charge is 0.481 e.